The Morgan fingerprint density at radius 2 is 2.36 bits per heavy atom. The second-order valence-electron chi connectivity index (χ2n) is 2.67. The number of halogens is 1. The highest BCUT2D eigenvalue weighted by atomic mass is 35.5. The topological polar surface area (TPSA) is 42.0 Å². The summed E-state index contributed by atoms with van der Waals surface area (Å²) in [6, 6.07) is 1.55. The van der Waals surface area contributed by atoms with E-state index in [4.69, 9.17) is 11.6 Å². The zero-order valence-corrected chi connectivity index (χ0v) is 8.80. The van der Waals surface area contributed by atoms with Crippen molar-refractivity contribution in [3.05, 3.63) is 34.6 Å². The van der Waals surface area contributed by atoms with Crippen LogP contribution in [0.25, 0.3) is 6.08 Å². The normalized spacial score (nSPS) is 10.5. The van der Waals surface area contributed by atoms with Crippen molar-refractivity contribution in [2.75, 3.05) is 7.05 Å². The van der Waals surface area contributed by atoms with Gasteiger partial charge in [0, 0.05) is 18.8 Å². The van der Waals surface area contributed by atoms with Gasteiger partial charge in [-0.15, -0.1) is 0 Å². The molecular formula is C10H11ClN2O. The van der Waals surface area contributed by atoms with Crippen molar-refractivity contribution in [1.82, 2.24) is 10.3 Å². The molecule has 0 saturated heterocycles. The van der Waals surface area contributed by atoms with Crippen molar-refractivity contribution >= 4 is 23.6 Å². The second-order valence-corrected chi connectivity index (χ2v) is 3.06. The fraction of sp³-hybridized carbons (Fsp3) is 0.200. The van der Waals surface area contributed by atoms with E-state index in [2.05, 4.69) is 10.3 Å². The molecule has 0 fully saturated rings. The lowest BCUT2D eigenvalue weighted by Crippen LogP contribution is -2.19. The number of allylic oxidation sites excluding steroid dienone is 1. The van der Waals surface area contributed by atoms with Gasteiger partial charge < -0.3 is 5.32 Å². The van der Waals surface area contributed by atoms with Crippen LogP contribution in [0, 0.1) is 0 Å². The molecule has 0 saturated carbocycles. The smallest absolute Gasteiger partial charge is 0.251 e. The highest BCUT2D eigenvalue weighted by molar-refractivity contribution is 6.29. The Bertz CT molecular complexity index is 374. The van der Waals surface area contributed by atoms with E-state index in [1.807, 2.05) is 19.1 Å². The molecule has 1 aromatic heterocycles. The van der Waals surface area contributed by atoms with E-state index >= 15 is 0 Å². The molecule has 0 spiro atoms. The number of rotatable bonds is 2. The predicted molar refractivity (Wildman–Crippen MR) is 57.3 cm³/mol. The molecule has 1 N–H and O–H groups in total. The summed E-state index contributed by atoms with van der Waals surface area (Å²) >= 11 is 5.70. The van der Waals surface area contributed by atoms with Crippen LogP contribution in [0.4, 0.5) is 0 Å². The van der Waals surface area contributed by atoms with E-state index < -0.39 is 0 Å². The Morgan fingerprint density at radius 1 is 1.64 bits per heavy atom. The van der Waals surface area contributed by atoms with Gasteiger partial charge in [0.05, 0.1) is 5.56 Å². The van der Waals surface area contributed by atoms with E-state index in [0.717, 1.165) is 5.56 Å². The molecule has 74 valence electrons. The molecule has 0 aromatic carbocycles. The monoisotopic (exact) mass is 210 g/mol. The summed E-state index contributed by atoms with van der Waals surface area (Å²) in [5.41, 5.74) is 1.29. The van der Waals surface area contributed by atoms with Gasteiger partial charge in [0.25, 0.3) is 5.91 Å². The molecule has 0 aliphatic carbocycles. The lowest BCUT2D eigenvalue weighted by atomic mass is 10.1. The minimum Gasteiger partial charge on any atom is -0.355 e. The number of aromatic nitrogens is 1. The van der Waals surface area contributed by atoms with Crippen LogP contribution in [0.1, 0.15) is 22.8 Å². The molecule has 4 heteroatoms. The van der Waals surface area contributed by atoms with E-state index in [1.54, 1.807) is 19.3 Å². The first-order valence-electron chi connectivity index (χ1n) is 4.19. The highest BCUT2D eigenvalue weighted by Gasteiger charge is 2.08. The van der Waals surface area contributed by atoms with Gasteiger partial charge in [0.2, 0.25) is 0 Å². The van der Waals surface area contributed by atoms with Gasteiger partial charge in [-0.25, -0.2) is 4.98 Å². The third-order valence-electron chi connectivity index (χ3n) is 1.72. The first-order chi connectivity index (χ1) is 6.69. The summed E-state index contributed by atoms with van der Waals surface area (Å²) in [7, 11) is 1.58. The van der Waals surface area contributed by atoms with E-state index in [0.29, 0.717) is 10.7 Å². The van der Waals surface area contributed by atoms with Crippen LogP contribution in [-0.4, -0.2) is 17.9 Å². The van der Waals surface area contributed by atoms with Crippen LogP contribution >= 0.6 is 11.6 Å². The molecule has 0 unspecified atom stereocenters. The molecule has 14 heavy (non-hydrogen) atoms. The maximum Gasteiger partial charge on any atom is 0.251 e. The molecular weight excluding hydrogens is 200 g/mol. The van der Waals surface area contributed by atoms with Crippen molar-refractivity contribution in [1.29, 1.82) is 0 Å². The zero-order chi connectivity index (χ0) is 10.6. The largest absolute Gasteiger partial charge is 0.355 e. The van der Waals surface area contributed by atoms with Gasteiger partial charge in [-0.3, -0.25) is 4.79 Å². The average molecular weight is 211 g/mol. The molecule has 3 nitrogen and oxygen atoms in total. The Labute approximate surface area is 87.8 Å². The molecule has 1 aromatic rings. The number of nitrogens with zero attached hydrogens (tertiary/aromatic N) is 1. The summed E-state index contributed by atoms with van der Waals surface area (Å²) in [6.07, 6.45) is 5.23. The number of nitrogens with one attached hydrogen (secondary N) is 1. The van der Waals surface area contributed by atoms with E-state index in [1.165, 1.54) is 0 Å². The highest BCUT2D eigenvalue weighted by Crippen LogP contribution is 2.14. The number of amides is 1. The van der Waals surface area contributed by atoms with Crippen LogP contribution in [0.3, 0.4) is 0 Å². The van der Waals surface area contributed by atoms with Gasteiger partial charge in [-0.1, -0.05) is 23.8 Å². The summed E-state index contributed by atoms with van der Waals surface area (Å²) in [4.78, 5) is 15.3. The summed E-state index contributed by atoms with van der Waals surface area (Å²) in [5.74, 6) is -0.164. The van der Waals surface area contributed by atoms with E-state index in [9.17, 15) is 4.79 Å². The maximum atomic E-state index is 11.4. The molecule has 0 radical (unpaired) electrons. The van der Waals surface area contributed by atoms with Crippen molar-refractivity contribution in [3.63, 3.8) is 0 Å². The Balaban J connectivity index is 3.22. The Hall–Kier alpha value is -1.35. The first-order valence-corrected chi connectivity index (χ1v) is 4.57. The maximum absolute atomic E-state index is 11.4. The van der Waals surface area contributed by atoms with Crippen LogP contribution in [0.2, 0.25) is 5.15 Å². The molecule has 1 heterocycles. The van der Waals surface area contributed by atoms with Crippen molar-refractivity contribution < 1.29 is 4.79 Å². The minimum absolute atomic E-state index is 0.164. The van der Waals surface area contributed by atoms with Gasteiger partial charge in [0.1, 0.15) is 5.15 Å². The summed E-state index contributed by atoms with van der Waals surface area (Å²) in [6.45, 7) is 1.88. The Kier molecular flexibility index (Phi) is 3.65. The van der Waals surface area contributed by atoms with Crippen LogP contribution in [0.5, 0.6) is 0 Å². The minimum atomic E-state index is -0.164. The fourth-order valence-electron chi connectivity index (χ4n) is 1.08. The molecule has 1 rings (SSSR count). The Morgan fingerprint density at radius 3 is 2.93 bits per heavy atom. The summed E-state index contributed by atoms with van der Waals surface area (Å²) < 4.78 is 0. The van der Waals surface area contributed by atoms with Gasteiger partial charge in [0.15, 0.2) is 0 Å². The summed E-state index contributed by atoms with van der Waals surface area (Å²) in [5, 5.41) is 2.86. The number of hydrogen-bond acceptors (Lipinski definition) is 2. The number of pyridine rings is 1. The van der Waals surface area contributed by atoms with Crippen LogP contribution in [-0.2, 0) is 0 Å². The number of hydrogen-bond donors (Lipinski definition) is 1. The third-order valence-corrected chi connectivity index (χ3v) is 1.93. The molecule has 0 bridgehead atoms. The van der Waals surface area contributed by atoms with Gasteiger partial charge in [-0.05, 0) is 13.0 Å². The molecule has 0 aliphatic rings. The second kappa shape index (κ2) is 4.77. The molecule has 0 aliphatic heterocycles. The lowest BCUT2D eigenvalue weighted by Gasteiger charge is -2.04. The third kappa shape index (κ3) is 2.33. The average Bonchev–Trinajstić information content (AvgIpc) is 2.20. The van der Waals surface area contributed by atoms with Crippen molar-refractivity contribution in [3.8, 4) is 0 Å². The molecule has 1 amide bonds. The molecule has 0 atom stereocenters. The van der Waals surface area contributed by atoms with Crippen LogP contribution in [0.15, 0.2) is 18.3 Å². The quantitative estimate of drug-likeness (QED) is 0.760. The zero-order valence-electron chi connectivity index (χ0n) is 8.04. The van der Waals surface area contributed by atoms with Crippen molar-refractivity contribution in [2.24, 2.45) is 0 Å². The van der Waals surface area contributed by atoms with Gasteiger partial charge in [-0.2, -0.15) is 0 Å². The van der Waals surface area contributed by atoms with Crippen LogP contribution < -0.4 is 5.32 Å². The first kappa shape index (κ1) is 10.7. The van der Waals surface area contributed by atoms with Crippen molar-refractivity contribution in [2.45, 2.75) is 6.92 Å². The number of carbonyl (C=O) groups is 1. The number of carbonyl (C=O) groups excluding carboxylic acids is 1. The SMILES string of the molecule is C/C=C/c1cnc(Cl)cc1C(=O)NC. The standard InChI is InChI=1S/C10H11ClN2O/c1-3-4-7-6-13-9(11)5-8(7)10(14)12-2/h3-6H,1-2H3,(H,12,14)/b4-3+. The fourth-order valence-corrected chi connectivity index (χ4v) is 1.24. The lowest BCUT2D eigenvalue weighted by molar-refractivity contribution is 0.0963. The predicted octanol–water partition coefficient (Wildman–Crippen LogP) is 2.13. The van der Waals surface area contributed by atoms with Gasteiger partial charge >= 0.3 is 0 Å². The van der Waals surface area contributed by atoms with E-state index in [-0.39, 0.29) is 5.91 Å².